The first-order valence-corrected chi connectivity index (χ1v) is 6.76. The molecule has 0 aromatic carbocycles. The van der Waals surface area contributed by atoms with Crippen LogP contribution < -0.4 is 11.3 Å². The molecule has 0 aromatic heterocycles. The highest BCUT2D eigenvalue weighted by molar-refractivity contribution is 4.74. The van der Waals surface area contributed by atoms with Gasteiger partial charge in [-0.2, -0.15) is 0 Å². The molecule has 0 bridgehead atoms. The Morgan fingerprint density at radius 2 is 1.47 bits per heavy atom. The van der Waals surface area contributed by atoms with Gasteiger partial charge in [-0.3, -0.25) is 11.3 Å². The maximum atomic E-state index is 5.67. The highest BCUT2D eigenvalue weighted by Crippen LogP contribution is 2.21. The molecule has 1 unspecified atom stereocenters. The summed E-state index contributed by atoms with van der Waals surface area (Å²) >= 11 is 0. The van der Waals surface area contributed by atoms with Crippen LogP contribution in [0.25, 0.3) is 0 Å². The third-order valence-corrected chi connectivity index (χ3v) is 3.22. The van der Waals surface area contributed by atoms with Crippen LogP contribution in [0.15, 0.2) is 0 Å². The van der Waals surface area contributed by atoms with Gasteiger partial charge in [0, 0.05) is 6.04 Å². The van der Waals surface area contributed by atoms with Gasteiger partial charge in [-0.25, -0.2) is 0 Å². The number of hydrogen-bond donors (Lipinski definition) is 2. The number of unbranched alkanes of at least 4 members (excludes halogenated alkanes) is 2. The number of nitrogens with two attached hydrogens (primary N) is 1. The molecular weight excluding hydrogens is 184 g/mol. The monoisotopic (exact) mass is 214 g/mol. The highest BCUT2D eigenvalue weighted by atomic mass is 15.2. The van der Waals surface area contributed by atoms with Crippen LogP contribution in [0.3, 0.4) is 0 Å². The van der Waals surface area contributed by atoms with Gasteiger partial charge in [0.05, 0.1) is 0 Å². The second-order valence-corrected chi connectivity index (χ2v) is 4.61. The average molecular weight is 214 g/mol. The Labute approximate surface area is 96.0 Å². The quantitative estimate of drug-likeness (QED) is 0.331. The predicted molar refractivity (Wildman–Crippen MR) is 68.6 cm³/mol. The molecule has 3 N–H and O–H groups in total. The van der Waals surface area contributed by atoms with Gasteiger partial charge in [0.1, 0.15) is 0 Å². The molecular formula is C13H30N2. The molecule has 0 rings (SSSR count). The lowest BCUT2D eigenvalue weighted by Gasteiger charge is -2.26. The average Bonchev–Trinajstić information content (AvgIpc) is 2.24. The summed E-state index contributed by atoms with van der Waals surface area (Å²) in [6, 6.07) is 0.538. The van der Waals surface area contributed by atoms with Crippen molar-refractivity contribution in [2.75, 3.05) is 0 Å². The maximum Gasteiger partial charge on any atom is 0.0238 e. The second kappa shape index (κ2) is 10.4. The number of nitrogens with one attached hydrogen (secondary N) is 1. The van der Waals surface area contributed by atoms with E-state index in [1.54, 1.807) is 0 Å². The molecule has 0 aliphatic carbocycles. The van der Waals surface area contributed by atoms with Gasteiger partial charge in [0.15, 0.2) is 0 Å². The van der Waals surface area contributed by atoms with Crippen molar-refractivity contribution in [2.45, 2.75) is 78.2 Å². The molecule has 0 aromatic rings. The first-order chi connectivity index (χ1) is 7.29. The summed E-state index contributed by atoms with van der Waals surface area (Å²) in [6.07, 6.45) is 10.4. The van der Waals surface area contributed by atoms with Crippen LogP contribution in [-0.2, 0) is 0 Å². The number of hydrazine groups is 1. The van der Waals surface area contributed by atoms with Crippen molar-refractivity contribution in [3.63, 3.8) is 0 Å². The van der Waals surface area contributed by atoms with Gasteiger partial charge in [-0.05, 0) is 25.2 Å². The lowest BCUT2D eigenvalue weighted by molar-refractivity contribution is 0.293. The fraction of sp³-hybridized carbons (Fsp3) is 1.00. The molecule has 0 radical (unpaired) electrons. The molecule has 2 nitrogen and oxygen atoms in total. The van der Waals surface area contributed by atoms with E-state index in [1.807, 2.05) is 0 Å². The fourth-order valence-corrected chi connectivity index (χ4v) is 2.36. The van der Waals surface area contributed by atoms with Crippen LogP contribution in [0.5, 0.6) is 0 Å². The third kappa shape index (κ3) is 6.91. The van der Waals surface area contributed by atoms with E-state index in [4.69, 9.17) is 5.84 Å². The van der Waals surface area contributed by atoms with Crippen molar-refractivity contribution in [3.05, 3.63) is 0 Å². The molecule has 0 heterocycles. The molecule has 2 heteroatoms. The van der Waals surface area contributed by atoms with Crippen LogP contribution in [0, 0.1) is 5.92 Å². The molecule has 15 heavy (non-hydrogen) atoms. The van der Waals surface area contributed by atoms with Gasteiger partial charge in [-0.1, -0.05) is 52.9 Å². The Hall–Kier alpha value is -0.0800. The molecule has 0 saturated carbocycles. The van der Waals surface area contributed by atoms with Gasteiger partial charge >= 0.3 is 0 Å². The minimum absolute atomic E-state index is 0.538. The van der Waals surface area contributed by atoms with E-state index in [2.05, 4.69) is 26.2 Å². The lowest BCUT2D eigenvalue weighted by atomic mass is 9.88. The molecule has 92 valence electrons. The van der Waals surface area contributed by atoms with Crippen molar-refractivity contribution in [1.29, 1.82) is 0 Å². The van der Waals surface area contributed by atoms with Gasteiger partial charge in [0.25, 0.3) is 0 Å². The summed E-state index contributed by atoms with van der Waals surface area (Å²) in [5, 5.41) is 0. The Morgan fingerprint density at radius 3 is 1.87 bits per heavy atom. The Bertz CT molecular complexity index is 120. The zero-order chi connectivity index (χ0) is 11.5. The summed E-state index contributed by atoms with van der Waals surface area (Å²) in [5.74, 6) is 6.45. The molecule has 0 aliphatic rings. The Kier molecular flexibility index (Phi) is 10.4. The van der Waals surface area contributed by atoms with E-state index >= 15 is 0 Å². The summed E-state index contributed by atoms with van der Waals surface area (Å²) in [5.41, 5.74) is 3.03. The predicted octanol–water partition coefficient (Wildman–Crippen LogP) is 3.62. The lowest BCUT2D eigenvalue weighted by Crippen LogP contribution is -2.40. The first-order valence-electron chi connectivity index (χ1n) is 6.76. The van der Waals surface area contributed by atoms with E-state index in [0.29, 0.717) is 6.04 Å². The molecule has 0 saturated heterocycles. The molecule has 0 amide bonds. The molecule has 0 fully saturated rings. The largest absolute Gasteiger partial charge is 0.271 e. The Morgan fingerprint density at radius 1 is 0.867 bits per heavy atom. The van der Waals surface area contributed by atoms with Crippen LogP contribution >= 0.6 is 0 Å². The first kappa shape index (κ1) is 14.9. The van der Waals surface area contributed by atoms with E-state index in [9.17, 15) is 0 Å². The summed E-state index contributed by atoms with van der Waals surface area (Å²) < 4.78 is 0. The SMILES string of the molecule is CCCCCC(NN)C(CCC)CCC. The number of rotatable bonds is 10. The molecule has 0 aliphatic heterocycles. The minimum atomic E-state index is 0.538. The highest BCUT2D eigenvalue weighted by Gasteiger charge is 2.17. The Balaban J connectivity index is 3.93. The minimum Gasteiger partial charge on any atom is -0.271 e. The molecule has 0 spiro atoms. The smallest absolute Gasteiger partial charge is 0.0238 e. The normalized spacial score (nSPS) is 13.4. The van der Waals surface area contributed by atoms with Crippen molar-refractivity contribution < 1.29 is 0 Å². The summed E-state index contributed by atoms with van der Waals surface area (Å²) in [7, 11) is 0. The summed E-state index contributed by atoms with van der Waals surface area (Å²) in [6.45, 7) is 6.78. The van der Waals surface area contributed by atoms with Crippen molar-refractivity contribution >= 4 is 0 Å². The van der Waals surface area contributed by atoms with Crippen molar-refractivity contribution in [1.82, 2.24) is 5.43 Å². The standard InChI is InChI=1S/C13H30N2/c1-4-7-8-11-13(15-14)12(9-5-2)10-6-3/h12-13,15H,4-11,14H2,1-3H3. The van der Waals surface area contributed by atoms with E-state index < -0.39 is 0 Å². The van der Waals surface area contributed by atoms with E-state index in [1.165, 1.54) is 51.4 Å². The third-order valence-electron chi connectivity index (χ3n) is 3.22. The van der Waals surface area contributed by atoms with Gasteiger partial charge < -0.3 is 0 Å². The van der Waals surface area contributed by atoms with Crippen LogP contribution in [0.1, 0.15) is 72.1 Å². The summed E-state index contributed by atoms with van der Waals surface area (Å²) in [4.78, 5) is 0. The maximum absolute atomic E-state index is 5.67. The van der Waals surface area contributed by atoms with Crippen molar-refractivity contribution in [2.24, 2.45) is 11.8 Å². The van der Waals surface area contributed by atoms with Crippen LogP contribution in [0.2, 0.25) is 0 Å². The van der Waals surface area contributed by atoms with Crippen LogP contribution in [0.4, 0.5) is 0 Å². The zero-order valence-electron chi connectivity index (χ0n) is 10.9. The van der Waals surface area contributed by atoms with E-state index in [-0.39, 0.29) is 0 Å². The second-order valence-electron chi connectivity index (χ2n) is 4.61. The zero-order valence-corrected chi connectivity index (χ0v) is 10.9. The molecule has 1 atom stereocenters. The fourth-order valence-electron chi connectivity index (χ4n) is 2.36. The topological polar surface area (TPSA) is 38.0 Å². The van der Waals surface area contributed by atoms with Gasteiger partial charge in [0.2, 0.25) is 0 Å². The van der Waals surface area contributed by atoms with Crippen LogP contribution in [-0.4, -0.2) is 6.04 Å². The number of hydrogen-bond acceptors (Lipinski definition) is 2. The van der Waals surface area contributed by atoms with Crippen molar-refractivity contribution in [3.8, 4) is 0 Å². The van der Waals surface area contributed by atoms with E-state index in [0.717, 1.165) is 5.92 Å². The van der Waals surface area contributed by atoms with Gasteiger partial charge in [-0.15, -0.1) is 0 Å².